The number of anilines is 2. The molecule has 1 aliphatic heterocycles. The Kier molecular flexibility index (Phi) is 4.63. The summed E-state index contributed by atoms with van der Waals surface area (Å²) in [4.78, 5) is 8.48. The van der Waals surface area contributed by atoms with Gasteiger partial charge in [-0.1, -0.05) is 11.6 Å². The number of ether oxygens (including phenoxy) is 2. The highest BCUT2D eigenvalue weighted by molar-refractivity contribution is 6.29. The Morgan fingerprint density at radius 1 is 1.19 bits per heavy atom. The molecule has 0 spiro atoms. The van der Waals surface area contributed by atoms with E-state index in [1.165, 1.54) is 0 Å². The second kappa shape index (κ2) is 7.07. The molecular weight excluding hydrogens is 354 g/mol. The summed E-state index contributed by atoms with van der Waals surface area (Å²) in [5.74, 6) is 1.49. The maximum Gasteiger partial charge on any atom is 0.138 e. The van der Waals surface area contributed by atoms with Crippen LogP contribution in [0.4, 0.5) is 11.5 Å². The molecule has 26 heavy (non-hydrogen) atoms. The number of nitrogens with one attached hydrogen (secondary N) is 1. The summed E-state index contributed by atoms with van der Waals surface area (Å²) in [5, 5.41) is 15.2. The van der Waals surface area contributed by atoms with Gasteiger partial charge < -0.3 is 19.9 Å². The van der Waals surface area contributed by atoms with Gasteiger partial charge in [-0.3, -0.25) is 0 Å². The second-order valence-electron chi connectivity index (χ2n) is 6.48. The fourth-order valence-corrected chi connectivity index (χ4v) is 2.89. The van der Waals surface area contributed by atoms with Gasteiger partial charge in [0.15, 0.2) is 0 Å². The van der Waals surface area contributed by atoms with Gasteiger partial charge in [-0.25, -0.2) is 9.97 Å². The second-order valence-corrected chi connectivity index (χ2v) is 6.86. The van der Waals surface area contributed by atoms with Crippen LogP contribution in [0.3, 0.4) is 0 Å². The van der Waals surface area contributed by atoms with Gasteiger partial charge >= 0.3 is 0 Å². The number of aromatic nitrogens is 2. The molecule has 134 valence electrons. The van der Waals surface area contributed by atoms with Crippen molar-refractivity contribution in [2.75, 3.05) is 31.7 Å². The summed E-state index contributed by atoms with van der Waals surface area (Å²) in [6, 6.07) is 11.3. The molecular formula is C19H18ClN3O3. The number of pyridine rings is 2. The fourth-order valence-electron chi connectivity index (χ4n) is 2.78. The topological polar surface area (TPSA) is 76.5 Å². The van der Waals surface area contributed by atoms with Crippen molar-refractivity contribution >= 4 is 33.9 Å². The molecule has 1 aliphatic rings. The molecule has 0 unspecified atom stereocenters. The zero-order chi connectivity index (χ0) is 18.0. The van der Waals surface area contributed by atoms with Crippen LogP contribution in [-0.4, -0.2) is 41.5 Å². The van der Waals surface area contributed by atoms with Crippen LogP contribution in [0.1, 0.15) is 0 Å². The molecule has 6 nitrogen and oxygen atoms in total. The van der Waals surface area contributed by atoms with Crippen molar-refractivity contribution in [3.05, 3.63) is 53.9 Å². The predicted molar refractivity (Wildman–Crippen MR) is 100 cm³/mol. The molecule has 1 aromatic carbocycles. The average Bonchev–Trinajstić information content (AvgIpc) is 2.63. The van der Waals surface area contributed by atoms with E-state index >= 15 is 0 Å². The van der Waals surface area contributed by atoms with Crippen molar-refractivity contribution in [3.8, 4) is 5.75 Å². The summed E-state index contributed by atoms with van der Waals surface area (Å²) < 4.78 is 11.1. The Morgan fingerprint density at radius 2 is 2.08 bits per heavy atom. The third kappa shape index (κ3) is 3.44. The zero-order valence-electron chi connectivity index (χ0n) is 14.0. The van der Waals surface area contributed by atoms with Gasteiger partial charge in [0.1, 0.15) is 23.3 Å². The summed E-state index contributed by atoms with van der Waals surface area (Å²) in [6.45, 7) is 1.56. The molecule has 3 heterocycles. The lowest BCUT2D eigenvalue weighted by Gasteiger charge is -2.39. The SMILES string of the molecule is OCC1(COc2ccc3c(Nc4ccc(Cl)nc4)nccc3c2)COC1. The maximum absolute atomic E-state index is 9.49. The summed E-state index contributed by atoms with van der Waals surface area (Å²) in [6.07, 6.45) is 3.40. The Hall–Kier alpha value is -2.41. The Morgan fingerprint density at radius 3 is 2.77 bits per heavy atom. The minimum absolute atomic E-state index is 0.0632. The van der Waals surface area contributed by atoms with Crippen LogP contribution in [-0.2, 0) is 4.74 Å². The highest BCUT2D eigenvalue weighted by atomic mass is 35.5. The van der Waals surface area contributed by atoms with Crippen LogP contribution < -0.4 is 10.1 Å². The molecule has 4 rings (SSSR count). The van der Waals surface area contributed by atoms with Crippen molar-refractivity contribution in [1.29, 1.82) is 0 Å². The number of hydrogen-bond donors (Lipinski definition) is 2. The number of hydrogen-bond acceptors (Lipinski definition) is 6. The van der Waals surface area contributed by atoms with Crippen molar-refractivity contribution in [1.82, 2.24) is 9.97 Å². The first-order valence-electron chi connectivity index (χ1n) is 8.26. The van der Waals surface area contributed by atoms with Crippen LogP contribution in [0, 0.1) is 5.41 Å². The molecule has 1 fully saturated rings. The lowest BCUT2D eigenvalue weighted by molar-refractivity contribution is -0.153. The monoisotopic (exact) mass is 371 g/mol. The predicted octanol–water partition coefficient (Wildman–Crippen LogP) is 3.41. The molecule has 0 aliphatic carbocycles. The van der Waals surface area contributed by atoms with E-state index in [1.807, 2.05) is 30.3 Å². The Labute approximate surface area is 155 Å². The largest absolute Gasteiger partial charge is 0.493 e. The average molecular weight is 372 g/mol. The first kappa shape index (κ1) is 17.0. The summed E-state index contributed by atoms with van der Waals surface area (Å²) in [7, 11) is 0. The van der Waals surface area contributed by atoms with Gasteiger partial charge in [-0.05, 0) is 41.8 Å². The number of aliphatic hydroxyl groups excluding tert-OH is 1. The highest BCUT2D eigenvalue weighted by Gasteiger charge is 2.39. The number of benzene rings is 1. The zero-order valence-corrected chi connectivity index (χ0v) is 14.7. The fraction of sp³-hybridized carbons (Fsp3) is 0.263. The molecule has 7 heteroatoms. The molecule has 0 bridgehead atoms. The summed E-state index contributed by atoms with van der Waals surface area (Å²) in [5.41, 5.74) is 0.534. The van der Waals surface area contributed by atoms with E-state index in [1.54, 1.807) is 18.5 Å². The van der Waals surface area contributed by atoms with Crippen molar-refractivity contribution in [2.24, 2.45) is 5.41 Å². The smallest absolute Gasteiger partial charge is 0.138 e. The van der Waals surface area contributed by atoms with Crippen LogP contribution in [0.15, 0.2) is 48.8 Å². The van der Waals surface area contributed by atoms with Gasteiger partial charge in [0.25, 0.3) is 0 Å². The van der Waals surface area contributed by atoms with E-state index in [0.29, 0.717) is 25.0 Å². The highest BCUT2D eigenvalue weighted by Crippen LogP contribution is 2.31. The van der Waals surface area contributed by atoms with Gasteiger partial charge in [0.05, 0.1) is 37.1 Å². The van der Waals surface area contributed by atoms with Crippen LogP contribution in [0.5, 0.6) is 5.75 Å². The molecule has 0 saturated carbocycles. The molecule has 2 N–H and O–H groups in total. The molecule has 0 amide bonds. The van der Waals surface area contributed by atoms with Crippen molar-refractivity contribution in [2.45, 2.75) is 0 Å². The number of nitrogens with zero attached hydrogens (tertiary/aromatic N) is 2. The standard InChI is InChI=1S/C19H18ClN3O3/c20-17-4-1-14(8-22-17)23-18-16-3-2-15(7-13(16)5-6-21-18)26-12-19(9-24)10-25-11-19/h1-8,24H,9-12H2,(H,21,23). The Balaban J connectivity index is 1.54. The van der Waals surface area contributed by atoms with Gasteiger partial charge in [-0.2, -0.15) is 0 Å². The minimum Gasteiger partial charge on any atom is -0.493 e. The van der Waals surface area contributed by atoms with Crippen molar-refractivity contribution < 1.29 is 14.6 Å². The lowest BCUT2D eigenvalue weighted by atomic mass is 9.88. The minimum atomic E-state index is -0.276. The Bertz CT molecular complexity index is 908. The van der Waals surface area contributed by atoms with Gasteiger partial charge in [-0.15, -0.1) is 0 Å². The molecule has 0 atom stereocenters. The quantitative estimate of drug-likeness (QED) is 0.647. The summed E-state index contributed by atoms with van der Waals surface area (Å²) >= 11 is 5.82. The third-order valence-electron chi connectivity index (χ3n) is 4.42. The normalized spacial score (nSPS) is 15.5. The maximum atomic E-state index is 9.49. The van der Waals surface area contributed by atoms with Gasteiger partial charge in [0, 0.05) is 11.6 Å². The molecule has 1 saturated heterocycles. The van der Waals surface area contributed by atoms with E-state index in [2.05, 4.69) is 15.3 Å². The van der Waals surface area contributed by atoms with E-state index in [9.17, 15) is 5.11 Å². The number of fused-ring (bicyclic) bond motifs is 1. The lowest BCUT2D eigenvalue weighted by Crippen LogP contribution is -2.49. The van der Waals surface area contributed by atoms with Crippen LogP contribution in [0.25, 0.3) is 10.8 Å². The van der Waals surface area contributed by atoms with Crippen LogP contribution >= 0.6 is 11.6 Å². The van der Waals surface area contributed by atoms with Gasteiger partial charge in [0.2, 0.25) is 0 Å². The van der Waals surface area contributed by atoms with Crippen molar-refractivity contribution in [3.63, 3.8) is 0 Å². The first-order valence-corrected chi connectivity index (χ1v) is 8.64. The van der Waals surface area contributed by atoms with Crippen LogP contribution in [0.2, 0.25) is 5.15 Å². The van der Waals surface area contributed by atoms with E-state index in [-0.39, 0.29) is 12.0 Å². The van der Waals surface area contributed by atoms with E-state index < -0.39 is 0 Å². The first-order chi connectivity index (χ1) is 12.7. The van der Waals surface area contributed by atoms with E-state index in [4.69, 9.17) is 21.1 Å². The molecule has 3 aromatic rings. The molecule has 2 aromatic heterocycles. The molecule has 0 radical (unpaired) electrons. The van der Waals surface area contributed by atoms with E-state index in [0.717, 1.165) is 28.0 Å². The number of aliphatic hydroxyl groups is 1. The third-order valence-corrected chi connectivity index (χ3v) is 4.65. The number of halogens is 1. The number of rotatable bonds is 6.